The summed E-state index contributed by atoms with van der Waals surface area (Å²) in [6.45, 7) is 5.28. The minimum absolute atomic E-state index is 0.527. The van der Waals surface area contributed by atoms with Gasteiger partial charge in [-0.3, -0.25) is 4.84 Å². The Hall–Kier alpha value is -1.26. The maximum absolute atomic E-state index is 6.00. The molecule has 1 unspecified atom stereocenters. The van der Waals surface area contributed by atoms with Gasteiger partial charge in [0.2, 0.25) is 5.85 Å². The maximum Gasteiger partial charge on any atom is 0.244 e. The van der Waals surface area contributed by atoms with Crippen molar-refractivity contribution in [3.63, 3.8) is 0 Å². The molecule has 21 heavy (non-hydrogen) atoms. The molecule has 1 aromatic rings. The highest BCUT2D eigenvalue weighted by Crippen LogP contribution is 2.47. The molecule has 1 aromatic carbocycles. The molecule has 0 saturated heterocycles. The van der Waals surface area contributed by atoms with E-state index in [1.807, 2.05) is 11.1 Å². The van der Waals surface area contributed by atoms with Crippen molar-refractivity contribution in [2.24, 2.45) is 0 Å². The molecule has 0 aliphatic carbocycles. The fourth-order valence-electron chi connectivity index (χ4n) is 3.32. The van der Waals surface area contributed by atoms with Crippen LogP contribution in [-0.2, 0) is 9.57 Å². The lowest BCUT2D eigenvalue weighted by Gasteiger charge is -2.42. The second-order valence-corrected chi connectivity index (χ2v) is 5.47. The second kappa shape index (κ2) is 7.14. The summed E-state index contributed by atoms with van der Waals surface area (Å²) in [6, 6.07) is 8.34. The van der Waals surface area contributed by atoms with E-state index in [9.17, 15) is 0 Å². The van der Waals surface area contributed by atoms with Gasteiger partial charge in [0.25, 0.3) is 0 Å². The van der Waals surface area contributed by atoms with Crippen LogP contribution in [0.4, 0.5) is 11.4 Å². The van der Waals surface area contributed by atoms with Crippen molar-refractivity contribution >= 4 is 11.4 Å². The van der Waals surface area contributed by atoms with Crippen molar-refractivity contribution in [2.75, 3.05) is 30.7 Å². The smallest absolute Gasteiger partial charge is 0.244 e. The molecule has 1 atom stereocenters. The van der Waals surface area contributed by atoms with E-state index >= 15 is 0 Å². The number of rotatable bonds is 8. The van der Waals surface area contributed by atoms with Crippen LogP contribution in [0.1, 0.15) is 46.0 Å². The molecular formula is C17H28N2O2. The number of anilines is 2. The van der Waals surface area contributed by atoms with Crippen LogP contribution in [-0.4, -0.2) is 26.6 Å². The van der Waals surface area contributed by atoms with E-state index in [0.29, 0.717) is 0 Å². The first-order valence-corrected chi connectivity index (χ1v) is 8.01. The quantitative estimate of drug-likeness (QED) is 0.672. The molecule has 1 aliphatic heterocycles. The lowest BCUT2D eigenvalue weighted by Crippen LogP contribution is -2.58. The summed E-state index contributed by atoms with van der Waals surface area (Å²) in [5.41, 5.74) is 2.26. The van der Waals surface area contributed by atoms with Gasteiger partial charge in [-0.15, -0.1) is 0 Å². The fraction of sp³-hybridized carbons (Fsp3) is 0.647. The SMILES string of the molecule is CCCCCCC1(OC)N(CC)c2ccccc2N1OC. The van der Waals surface area contributed by atoms with Gasteiger partial charge < -0.3 is 9.64 Å². The van der Waals surface area contributed by atoms with Crippen LogP contribution >= 0.6 is 0 Å². The van der Waals surface area contributed by atoms with Gasteiger partial charge in [0.1, 0.15) is 0 Å². The van der Waals surface area contributed by atoms with E-state index in [2.05, 4.69) is 36.9 Å². The molecule has 0 aromatic heterocycles. The van der Waals surface area contributed by atoms with Crippen LogP contribution in [0, 0.1) is 0 Å². The molecule has 0 amide bonds. The van der Waals surface area contributed by atoms with E-state index in [4.69, 9.17) is 9.57 Å². The number of para-hydroxylation sites is 2. The number of methoxy groups -OCH3 is 1. The summed E-state index contributed by atoms with van der Waals surface area (Å²) in [4.78, 5) is 8.00. The Morgan fingerprint density at radius 1 is 1.00 bits per heavy atom. The molecule has 1 heterocycles. The summed E-state index contributed by atoms with van der Waals surface area (Å²) in [5.74, 6) is -0.527. The van der Waals surface area contributed by atoms with Gasteiger partial charge in [0.05, 0.1) is 18.5 Å². The molecule has 2 rings (SSSR count). The van der Waals surface area contributed by atoms with Crippen molar-refractivity contribution in [2.45, 2.75) is 51.8 Å². The van der Waals surface area contributed by atoms with Crippen LogP contribution in [0.3, 0.4) is 0 Å². The number of hydroxylamine groups is 1. The van der Waals surface area contributed by atoms with Crippen LogP contribution in [0.15, 0.2) is 24.3 Å². The highest BCUT2D eigenvalue weighted by molar-refractivity contribution is 5.77. The third-order valence-corrected chi connectivity index (χ3v) is 4.31. The Bertz CT molecular complexity index is 419. The molecule has 0 saturated carbocycles. The van der Waals surface area contributed by atoms with Crippen molar-refractivity contribution in [3.05, 3.63) is 24.3 Å². The Morgan fingerprint density at radius 2 is 1.71 bits per heavy atom. The lowest BCUT2D eigenvalue weighted by molar-refractivity contribution is -0.0840. The zero-order valence-electron chi connectivity index (χ0n) is 13.8. The van der Waals surface area contributed by atoms with Gasteiger partial charge in [-0.2, -0.15) is 0 Å². The molecule has 0 bridgehead atoms. The van der Waals surface area contributed by atoms with Crippen molar-refractivity contribution in [1.29, 1.82) is 0 Å². The van der Waals surface area contributed by atoms with Gasteiger partial charge in [0.15, 0.2) is 0 Å². The fourth-order valence-corrected chi connectivity index (χ4v) is 3.32. The Labute approximate surface area is 128 Å². The molecule has 118 valence electrons. The highest BCUT2D eigenvalue weighted by Gasteiger charge is 2.50. The number of benzene rings is 1. The molecule has 0 spiro atoms. The monoisotopic (exact) mass is 292 g/mol. The van der Waals surface area contributed by atoms with Gasteiger partial charge in [0, 0.05) is 20.1 Å². The molecule has 4 nitrogen and oxygen atoms in total. The normalized spacial score (nSPS) is 21.0. The largest absolute Gasteiger partial charge is 0.340 e. The Balaban J connectivity index is 2.29. The van der Waals surface area contributed by atoms with E-state index in [-0.39, 0.29) is 0 Å². The van der Waals surface area contributed by atoms with Crippen molar-refractivity contribution < 1.29 is 9.57 Å². The first-order valence-electron chi connectivity index (χ1n) is 8.01. The number of fused-ring (bicyclic) bond motifs is 1. The second-order valence-electron chi connectivity index (χ2n) is 5.47. The first-order chi connectivity index (χ1) is 10.2. The van der Waals surface area contributed by atoms with Crippen molar-refractivity contribution in [1.82, 2.24) is 0 Å². The van der Waals surface area contributed by atoms with Gasteiger partial charge >= 0.3 is 0 Å². The number of hydrogen-bond donors (Lipinski definition) is 0. The summed E-state index contributed by atoms with van der Waals surface area (Å²) in [7, 11) is 3.50. The van der Waals surface area contributed by atoms with Crippen molar-refractivity contribution in [3.8, 4) is 0 Å². The molecule has 0 fully saturated rings. The number of nitrogens with zero attached hydrogens (tertiary/aromatic N) is 2. The molecule has 4 heteroatoms. The minimum Gasteiger partial charge on any atom is -0.340 e. The number of ether oxygens (including phenoxy) is 1. The van der Waals surface area contributed by atoms with Crippen LogP contribution in [0.25, 0.3) is 0 Å². The zero-order valence-corrected chi connectivity index (χ0v) is 13.8. The van der Waals surface area contributed by atoms with Gasteiger partial charge in [-0.1, -0.05) is 38.3 Å². The van der Waals surface area contributed by atoms with Crippen LogP contribution < -0.4 is 9.96 Å². The number of hydrogen-bond acceptors (Lipinski definition) is 4. The van der Waals surface area contributed by atoms with Gasteiger partial charge in [-0.05, 0) is 25.5 Å². The molecule has 0 N–H and O–H groups in total. The standard InChI is InChI=1S/C17H28N2O2/c1-5-7-8-11-14-17(20-3)18(6-2)15-12-9-10-13-16(15)19(17)21-4/h9-10,12-13H,5-8,11,14H2,1-4H3. The first kappa shape index (κ1) is 16.1. The van der Waals surface area contributed by atoms with E-state index in [1.54, 1.807) is 14.2 Å². The zero-order chi connectivity index (χ0) is 15.3. The van der Waals surface area contributed by atoms with E-state index in [1.165, 1.54) is 24.9 Å². The summed E-state index contributed by atoms with van der Waals surface area (Å²) < 4.78 is 6.00. The van der Waals surface area contributed by atoms with E-state index in [0.717, 1.165) is 25.1 Å². The van der Waals surface area contributed by atoms with E-state index < -0.39 is 5.85 Å². The lowest BCUT2D eigenvalue weighted by atomic mass is 10.1. The average Bonchev–Trinajstić information content (AvgIpc) is 2.80. The maximum atomic E-state index is 6.00. The molecule has 1 aliphatic rings. The van der Waals surface area contributed by atoms with Crippen LogP contribution in [0.5, 0.6) is 0 Å². The van der Waals surface area contributed by atoms with Crippen LogP contribution in [0.2, 0.25) is 0 Å². The predicted molar refractivity (Wildman–Crippen MR) is 87.4 cm³/mol. The molecule has 0 radical (unpaired) electrons. The Kier molecular flexibility index (Phi) is 5.48. The highest BCUT2D eigenvalue weighted by atomic mass is 16.7. The third-order valence-electron chi connectivity index (χ3n) is 4.31. The minimum atomic E-state index is -0.527. The number of unbranched alkanes of at least 4 members (excludes halogenated alkanes) is 3. The predicted octanol–water partition coefficient (Wildman–Crippen LogP) is 4.16. The summed E-state index contributed by atoms with van der Waals surface area (Å²) >= 11 is 0. The topological polar surface area (TPSA) is 24.9 Å². The summed E-state index contributed by atoms with van der Waals surface area (Å²) in [6.07, 6.45) is 5.80. The van der Waals surface area contributed by atoms with Gasteiger partial charge in [-0.25, -0.2) is 5.06 Å². The third kappa shape index (κ3) is 2.74. The molecular weight excluding hydrogens is 264 g/mol. The summed E-state index contributed by atoms with van der Waals surface area (Å²) in [5, 5.41) is 1.93. The Morgan fingerprint density at radius 3 is 2.29 bits per heavy atom. The average molecular weight is 292 g/mol.